The Morgan fingerprint density at radius 2 is 2.19 bits per heavy atom. The van der Waals surface area contributed by atoms with Gasteiger partial charge in [0.2, 0.25) is 0 Å². The third-order valence-corrected chi connectivity index (χ3v) is 3.12. The second-order valence-corrected chi connectivity index (χ2v) is 4.84. The van der Waals surface area contributed by atoms with Gasteiger partial charge < -0.3 is 5.32 Å². The Morgan fingerprint density at radius 1 is 1.38 bits per heavy atom. The summed E-state index contributed by atoms with van der Waals surface area (Å²) in [6.07, 6.45) is 3.02. The van der Waals surface area contributed by atoms with Crippen molar-refractivity contribution in [3.05, 3.63) is 45.1 Å². The standard InChI is InChI=1S/C10H7Br2N3O/c11-7-1-2-8(12)9(3-7)15-10(16)6-4-13-14-5-6/h1-5H,(H,13,14)(H,15,16). The molecule has 1 aromatic heterocycles. The molecule has 0 bridgehead atoms. The van der Waals surface area contributed by atoms with Crippen molar-refractivity contribution < 1.29 is 4.79 Å². The molecule has 4 nitrogen and oxygen atoms in total. The molecule has 0 radical (unpaired) electrons. The summed E-state index contributed by atoms with van der Waals surface area (Å²) >= 11 is 6.71. The van der Waals surface area contributed by atoms with Crippen LogP contribution in [0.4, 0.5) is 5.69 Å². The van der Waals surface area contributed by atoms with Gasteiger partial charge in [-0.2, -0.15) is 5.10 Å². The van der Waals surface area contributed by atoms with Crippen LogP contribution in [0.25, 0.3) is 0 Å². The topological polar surface area (TPSA) is 57.8 Å². The lowest BCUT2D eigenvalue weighted by atomic mass is 10.3. The maximum Gasteiger partial charge on any atom is 0.258 e. The Hall–Kier alpha value is -1.14. The van der Waals surface area contributed by atoms with Crippen molar-refractivity contribution in [1.29, 1.82) is 0 Å². The largest absolute Gasteiger partial charge is 0.321 e. The van der Waals surface area contributed by atoms with Crippen LogP contribution in [0.5, 0.6) is 0 Å². The molecule has 0 spiro atoms. The maximum absolute atomic E-state index is 11.7. The van der Waals surface area contributed by atoms with E-state index in [0.717, 1.165) is 8.95 Å². The van der Waals surface area contributed by atoms with Crippen molar-refractivity contribution in [2.75, 3.05) is 5.32 Å². The van der Waals surface area contributed by atoms with Crippen LogP contribution < -0.4 is 5.32 Å². The summed E-state index contributed by atoms with van der Waals surface area (Å²) in [6, 6.07) is 5.56. The van der Waals surface area contributed by atoms with E-state index in [1.807, 2.05) is 18.2 Å². The van der Waals surface area contributed by atoms with E-state index in [2.05, 4.69) is 47.4 Å². The molecule has 2 aromatic rings. The van der Waals surface area contributed by atoms with E-state index < -0.39 is 0 Å². The number of amides is 1. The fourth-order valence-electron chi connectivity index (χ4n) is 1.16. The number of carbonyl (C=O) groups excluding carboxylic acids is 1. The third-order valence-electron chi connectivity index (χ3n) is 1.94. The van der Waals surface area contributed by atoms with Crippen LogP contribution in [0.15, 0.2) is 39.5 Å². The maximum atomic E-state index is 11.7. The van der Waals surface area contributed by atoms with E-state index in [1.165, 1.54) is 6.20 Å². The molecule has 0 saturated carbocycles. The molecule has 0 saturated heterocycles. The first-order valence-corrected chi connectivity index (χ1v) is 6.00. The van der Waals surface area contributed by atoms with Gasteiger partial charge in [-0.05, 0) is 34.1 Å². The number of H-pyrrole nitrogens is 1. The van der Waals surface area contributed by atoms with E-state index in [0.29, 0.717) is 11.3 Å². The summed E-state index contributed by atoms with van der Waals surface area (Å²) < 4.78 is 1.73. The van der Waals surface area contributed by atoms with Gasteiger partial charge >= 0.3 is 0 Å². The quantitative estimate of drug-likeness (QED) is 0.879. The van der Waals surface area contributed by atoms with Gasteiger partial charge in [-0.3, -0.25) is 9.89 Å². The number of rotatable bonds is 2. The smallest absolute Gasteiger partial charge is 0.258 e. The van der Waals surface area contributed by atoms with Crippen molar-refractivity contribution in [3.63, 3.8) is 0 Å². The number of hydrogen-bond acceptors (Lipinski definition) is 2. The lowest BCUT2D eigenvalue weighted by molar-refractivity contribution is 0.102. The fourth-order valence-corrected chi connectivity index (χ4v) is 1.87. The van der Waals surface area contributed by atoms with Crippen LogP contribution in [-0.4, -0.2) is 16.1 Å². The third kappa shape index (κ3) is 2.51. The van der Waals surface area contributed by atoms with E-state index in [1.54, 1.807) is 6.20 Å². The highest BCUT2D eigenvalue weighted by Gasteiger charge is 2.09. The minimum absolute atomic E-state index is 0.201. The average molecular weight is 345 g/mol. The monoisotopic (exact) mass is 343 g/mol. The van der Waals surface area contributed by atoms with E-state index >= 15 is 0 Å². The highest BCUT2D eigenvalue weighted by molar-refractivity contribution is 9.11. The molecule has 0 unspecified atom stereocenters. The molecule has 0 aliphatic rings. The number of benzene rings is 1. The molecular weight excluding hydrogens is 338 g/mol. The normalized spacial score (nSPS) is 10.1. The predicted octanol–water partition coefficient (Wildman–Crippen LogP) is 3.19. The van der Waals surface area contributed by atoms with Crippen LogP contribution >= 0.6 is 31.9 Å². The summed E-state index contributed by atoms with van der Waals surface area (Å²) in [5, 5.41) is 9.09. The van der Waals surface area contributed by atoms with Gasteiger partial charge in [0.15, 0.2) is 0 Å². The van der Waals surface area contributed by atoms with Gasteiger partial charge in [-0.1, -0.05) is 15.9 Å². The number of halogens is 2. The molecule has 16 heavy (non-hydrogen) atoms. The van der Waals surface area contributed by atoms with E-state index in [-0.39, 0.29) is 5.91 Å². The summed E-state index contributed by atoms with van der Waals surface area (Å²) in [5.74, 6) is -0.201. The first-order valence-electron chi connectivity index (χ1n) is 4.42. The van der Waals surface area contributed by atoms with Crippen molar-refractivity contribution in [2.24, 2.45) is 0 Å². The van der Waals surface area contributed by atoms with Crippen LogP contribution in [0.1, 0.15) is 10.4 Å². The minimum atomic E-state index is -0.201. The number of nitrogens with zero attached hydrogens (tertiary/aromatic N) is 1. The first-order chi connectivity index (χ1) is 7.66. The Morgan fingerprint density at radius 3 is 2.88 bits per heavy atom. The van der Waals surface area contributed by atoms with Gasteiger partial charge in [-0.15, -0.1) is 0 Å². The zero-order chi connectivity index (χ0) is 11.5. The Balaban J connectivity index is 2.21. The average Bonchev–Trinajstić information content (AvgIpc) is 2.76. The lowest BCUT2D eigenvalue weighted by Gasteiger charge is -2.06. The van der Waals surface area contributed by atoms with E-state index in [4.69, 9.17) is 0 Å². The number of anilines is 1. The number of hydrogen-bond donors (Lipinski definition) is 2. The second-order valence-electron chi connectivity index (χ2n) is 3.07. The Labute approximate surface area is 109 Å². The molecule has 6 heteroatoms. The van der Waals surface area contributed by atoms with Crippen LogP contribution in [0.2, 0.25) is 0 Å². The molecule has 2 N–H and O–H groups in total. The molecule has 2 rings (SSSR count). The van der Waals surface area contributed by atoms with Gasteiger partial charge in [0, 0.05) is 15.1 Å². The Bertz CT molecular complexity index is 511. The van der Waals surface area contributed by atoms with Gasteiger partial charge in [0.25, 0.3) is 5.91 Å². The van der Waals surface area contributed by atoms with Crippen molar-refractivity contribution >= 4 is 43.5 Å². The fraction of sp³-hybridized carbons (Fsp3) is 0. The summed E-state index contributed by atoms with van der Waals surface area (Å²) in [6.45, 7) is 0. The number of nitrogens with one attached hydrogen (secondary N) is 2. The molecule has 1 aromatic carbocycles. The highest BCUT2D eigenvalue weighted by atomic mass is 79.9. The molecule has 0 atom stereocenters. The number of carbonyl (C=O) groups is 1. The van der Waals surface area contributed by atoms with Crippen LogP contribution in [0, 0.1) is 0 Å². The summed E-state index contributed by atoms with van der Waals surface area (Å²) in [4.78, 5) is 11.7. The number of aromatic nitrogens is 2. The molecule has 82 valence electrons. The van der Waals surface area contributed by atoms with Gasteiger partial charge in [0.05, 0.1) is 17.4 Å². The van der Waals surface area contributed by atoms with Crippen molar-refractivity contribution in [3.8, 4) is 0 Å². The molecule has 0 fully saturated rings. The lowest BCUT2D eigenvalue weighted by Crippen LogP contribution is -2.11. The van der Waals surface area contributed by atoms with Crippen molar-refractivity contribution in [1.82, 2.24) is 10.2 Å². The highest BCUT2D eigenvalue weighted by Crippen LogP contribution is 2.26. The van der Waals surface area contributed by atoms with Crippen LogP contribution in [-0.2, 0) is 0 Å². The van der Waals surface area contributed by atoms with Gasteiger partial charge in [-0.25, -0.2) is 0 Å². The van der Waals surface area contributed by atoms with Crippen molar-refractivity contribution in [2.45, 2.75) is 0 Å². The number of aromatic amines is 1. The molecular formula is C10H7Br2N3O. The molecule has 1 amide bonds. The predicted molar refractivity (Wildman–Crippen MR) is 68.4 cm³/mol. The molecule has 1 heterocycles. The van der Waals surface area contributed by atoms with Crippen LogP contribution in [0.3, 0.4) is 0 Å². The minimum Gasteiger partial charge on any atom is -0.321 e. The zero-order valence-corrected chi connectivity index (χ0v) is 11.2. The SMILES string of the molecule is O=C(Nc1cc(Br)ccc1Br)c1cn[nH]c1. The van der Waals surface area contributed by atoms with E-state index in [9.17, 15) is 4.79 Å². The van der Waals surface area contributed by atoms with Gasteiger partial charge in [0.1, 0.15) is 0 Å². The zero-order valence-electron chi connectivity index (χ0n) is 8.00. The molecule has 0 aliphatic carbocycles. The molecule has 0 aliphatic heterocycles. The first kappa shape index (κ1) is 11.3. The second kappa shape index (κ2) is 4.80. The summed E-state index contributed by atoms with van der Waals surface area (Å²) in [7, 11) is 0. The Kier molecular flexibility index (Phi) is 3.40. The summed E-state index contributed by atoms with van der Waals surface area (Å²) in [5.41, 5.74) is 1.20.